The number of hydrogen-bond donors (Lipinski definition) is 2. The minimum Gasteiger partial charge on any atom is -0.368 e. The summed E-state index contributed by atoms with van der Waals surface area (Å²) in [4.78, 5) is 15.3. The molecule has 4 aromatic rings. The highest BCUT2D eigenvalue weighted by Gasteiger charge is 2.11. The standard InChI is InChI=1S/C19H17N7/c1-12(16-10-21-11-23-16)3-4-14-5-6-15-13(2)25-26(17(15)9-14)18-7-8-22-19(20)24-18/h5-12H,1-2H3,(H,21,23)(H2,20,22,24). The molecule has 0 spiro atoms. The maximum atomic E-state index is 5.71. The Kier molecular flexibility index (Phi) is 3.86. The second-order valence-electron chi connectivity index (χ2n) is 6.00. The van der Waals surface area contributed by atoms with Crippen molar-refractivity contribution < 1.29 is 0 Å². The van der Waals surface area contributed by atoms with Gasteiger partial charge in [0.05, 0.1) is 23.5 Å². The fourth-order valence-electron chi connectivity index (χ4n) is 2.78. The summed E-state index contributed by atoms with van der Waals surface area (Å²) in [7, 11) is 0. The van der Waals surface area contributed by atoms with E-state index in [1.54, 1.807) is 29.5 Å². The average Bonchev–Trinajstić information content (AvgIpc) is 3.28. The first kappa shape index (κ1) is 15.8. The second kappa shape index (κ2) is 6.33. The van der Waals surface area contributed by atoms with Crippen molar-refractivity contribution in [3.63, 3.8) is 0 Å². The third kappa shape index (κ3) is 2.89. The van der Waals surface area contributed by atoms with Crippen molar-refractivity contribution in [2.24, 2.45) is 0 Å². The maximum Gasteiger partial charge on any atom is 0.221 e. The number of nitrogens with one attached hydrogen (secondary N) is 1. The average molecular weight is 343 g/mol. The Morgan fingerprint density at radius 2 is 2.15 bits per heavy atom. The summed E-state index contributed by atoms with van der Waals surface area (Å²) in [6.07, 6.45) is 5.07. The fourth-order valence-corrected chi connectivity index (χ4v) is 2.78. The number of imidazole rings is 1. The summed E-state index contributed by atoms with van der Waals surface area (Å²) in [5.41, 5.74) is 9.47. The van der Waals surface area contributed by atoms with Crippen molar-refractivity contribution in [2.75, 3.05) is 5.73 Å². The van der Waals surface area contributed by atoms with Gasteiger partial charge in [-0.15, -0.1) is 0 Å². The Morgan fingerprint density at radius 3 is 2.92 bits per heavy atom. The quantitative estimate of drug-likeness (QED) is 0.545. The van der Waals surface area contributed by atoms with Gasteiger partial charge >= 0.3 is 0 Å². The monoisotopic (exact) mass is 343 g/mol. The molecular formula is C19H17N7. The first-order chi connectivity index (χ1) is 12.6. The van der Waals surface area contributed by atoms with Crippen LogP contribution in [0.15, 0.2) is 43.0 Å². The molecule has 4 rings (SSSR count). The van der Waals surface area contributed by atoms with E-state index < -0.39 is 0 Å². The molecular weight excluding hydrogens is 326 g/mol. The van der Waals surface area contributed by atoms with Crippen molar-refractivity contribution in [1.29, 1.82) is 0 Å². The van der Waals surface area contributed by atoms with Crippen LogP contribution >= 0.6 is 0 Å². The summed E-state index contributed by atoms with van der Waals surface area (Å²) < 4.78 is 1.77. The minimum absolute atomic E-state index is 0.0708. The van der Waals surface area contributed by atoms with Crippen molar-refractivity contribution in [1.82, 2.24) is 29.7 Å². The van der Waals surface area contributed by atoms with Crippen LogP contribution in [0.5, 0.6) is 0 Å². The SMILES string of the molecule is Cc1nn(-c2ccnc(N)n2)c2cc(C#CC(C)c3cnc[nH]3)ccc12. The molecule has 0 radical (unpaired) electrons. The smallest absolute Gasteiger partial charge is 0.221 e. The van der Waals surface area contributed by atoms with Crippen LogP contribution in [0, 0.1) is 18.8 Å². The van der Waals surface area contributed by atoms with E-state index >= 15 is 0 Å². The number of nitrogens with zero attached hydrogens (tertiary/aromatic N) is 5. The highest BCUT2D eigenvalue weighted by Crippen LogP contribution is 2.22. The van der Waals surface area contributed by atoms with E-state index in [0.717, 1.165) is 27.9 Å². The van der Waals surface area contributed by atoms with E-state index in [1.807, 2.05) is 32.0 Å². The number of H-pyrrole nitrogens is 1. The van der Waals surface area contributed by atoms with Crippen molar-refractivity contribution >= 4 is 16.9 Å². The molecule has 0 aliphatic rings. The lowest BCUT2D eigenvalue weighted by Gasteiger charge is -2.03. The number of fused-ring (bicyclic) bond motifs is 1. The van der Waals surface area contributed by atoms with Gasteiger partial charge in [-0.1, -0.05) is 11.8 Å². The van der Waals surface area contributed by atoms with E-state index in [0.29, 0.717) is 5.82 Å². The normalized spacial score (nSPS) is 11.9. The van der Waals surface area contributed by atoms with Gasteiger partial charge in [0.1, 0.15) is 0 Å². The maximum absolute atomic E-state index is 5.71. The number of aryl methyl sites for hydroxylation is 1. The van der Waals surface area contributed by atoms with Crippen molar-refractivity contribution in [3.05, 3.63) is 59.9 Å². The van der Waals surface area contributed by atoms with Crippen molar-refractivity contribution in [3.8, 4) is 17.7 Å². The molecule has 0 amide bonds. The number of anilines is 1. The Hall–Kier alpha value is -3.66. The van der Waals surface area contributed by atoms with Gasteiger partial charge in [-0.05, 0) is 32.0 Å². The van der Waals surface area contributed by atoms with Crippen LogP contribution in [-0.2, 0) is 0 Å². The molecule has 128 valence electrons. The summed E-state index contributed by atoms with van der Waals surface area (Å²) in [6.45, 7) is 4.01. The number of aromatic nitrogens is 6. The van der Waals surface area contributed by atoms with Crippen LogP contribution in [0.4, 0.5) is 5.95 Å². The van der Waals surface area contributed by atoms with Gasteiger partial charge in [-0.3, -0.25) is 0 Å². The lowest BCUT2D eigenvalue weighted by atomic mass is 10.1. The van der Waals surface area contributed by atoms with Crippen LogP contribution in [-0.4, -0.2) is 29.7 Å². The summed E-state index contributed by atoms with van der Waals surface area (Å²) >= 11 is 0. The van der Waals surface area contributed by atoms with Gasteiger partial charge in [0, 0.05) is 35.1 Å². The Balaban J connectivity index is 1.76. The third-order valence-corrected chi connectivity index (χ3v) is 4.16. The molecule has 0 saturated heterocycles. The molecule has 1 atom stereocenters. The number of rotatable bonds is 2. The highest BCUT2D eigenvalue weighted by molar-refractivity contribution is 5.84. The molecule has 26 heavy (non-hydrogen) atoms. The Bertz CT molecular complexity index is 1130. The van der Waals surface area contributed by atoms with Gasteiger partial charge < -0.3 is 10.7 Å². The number of aromatic amines is 1. The molecule has 3 aromatic heterocycles. The number of nitrogen functional groups attached to an aromatic ring is 1. The molecule has 3 N–H and O–H groups in total. The largest absolute Gasteiger partial charge is 0.368 e. The van der Waals surface area contributed by atoms with Crippen LogP contribution in [0.2, 0.25) is 0 Å². The lowest BCUT2D eigenvalue weighted by Crippen LogP contribution is -2.03. The Morgan fingerprint density at radius 1 is 1.27 bits per heavy atom. The molecule has 7 heteroatoms. The molecule has 1 aromatic carbocycles. The van der Waals surface area contributed by atoms with Crippen molar-refractivity contribution in [2.45, 2.75) is 19.8 Å². The molecule has 0 fully saturated rings. The van der Waals surface area contributed by atoms with Crippen LogP contribution in [0.3, 0.4) is 0 Å². The second-order valence-corrected chi connectivity index (χ2v) is 6.00. The van der Waals surface area contributed by atoms with Crippen LogP contribution < -0.4 is 5.73 Å². The number of hydrogen-bond acceptors (Lipinski definition) is 5. The minimum atomic E-state index is 0.0708. The topological polar surface area (TPSA) is 98.3 Å². The van der Waals surface area contributed by atoms with E-state index in [1.165, 1.54) is 0 Å². The zero-order chi connectivity index (χ0) is 18.1. The van der Waals surface area contributed by atoms with E-state index in [-0.39, 0.29) is 11.9 Å². The Labute approximate surface area is 150 Å². The van der Waals surface area contributed by atoms with E-state index in [2.05, 4.69) is 36.9 Å². The van der Waals surface area contributed by atoms with Gasteiger partial charge in [-0.2, -0.15) is 10.1 Å². The molecule has 1 unspecified atom stereocenters. The zero-order valence-corrected chi connectivity index (χ0v) is 14.4. The van der Waals surface area contributed by atoms with Gasteiger partial charge in [0.15, 0.2) is 5.82 Å². The first-order valence-electron chi connectivity index (χ1n) is 8.20. The number of nitrogens with two attached hydrogens (primary N) is 1. The van der Waals surface area contributed by atoms with E-state index in [4.69, 9.17) is 5.73 Å². The third-order valence-electron chi connectivity index (χ3n) is 4.16. The fraction of sp³-hybridized carbons (Fsp3) is 0.158. The molecule has 0 saturated carbocycles. The molecule has 3 heterocycles. The molecule has 0 aliphatic heterocycles. The predicted molar refractivity (Wildman–Crippen MR) is 99.7 cm³/mol. The highest BCUT2D eigenvalue weighted by atomic mass is 15.3. The van der Waals surface area contributed by atoms with Crippen LogP contribution in [0.25, 0.3) is 16.7 Å². The van der Waals surface area contributed by atoms with Gasteiger partial charge in [0.2, 0.25) is 5.95 Å². The molecule has 7 nitrogen and oxygen atoms in total. The predicted octanol–water partition coefficient (Wildman–Crippen LogP) is 2.58. The lowest BCUT2D eigenvalue weighted by molar-refractivity contribution is 0.853. The summed E-state index contributed by atoms with van der Waals surface area (Å²) in [5.74, 6) is 7.39. The van der Waals surface area contributed by atoms with Gasteiger partial charge in [-0.25, -0.2) is 14.6 Å². The van der Waals surface area contributed by atoms with Crippen LogP contribution in [0.1, 0.15) is 29.8 Å². The molecule has 0 aliphatic carbocycles. The zero-order valence-electron chi connectivity index (χ0n) is 14.4. The summed E-state index contributed by atoms with van der Waals surface area (Å²) in [5, 5.41) is 5.64. The molecule has 0 bridgehead atoms. The number of benzene rings is 1. The van der Waals surface area contributed by atoms with E-state index in [9.17, 15) is 0 Å². The van der Waals surface area contributed by atoms with Gasteiger partial charge in [0.25, 0.3) is 0 Å². The summed E-state index contributed by atoms with van der Waals surface area (Å²) in [6, 6.07) is 7.83. The first-order valence-corrected chi connectivity index (χ1v) is 8.20.